The number of amides is 1. The van der Waals surface area contributed by atoms with Crippen molar-refractivity contribution in [2.75, 3.05) is 12.4 Å². The number of anilines is 1. The molecular formula is C28H21F3N4O2. The molecule has 2 heterocycles. The van der Waals surface area contributed by atoms with Crippen molar-refractivity contribution < 1.29 is 22.7 Å². The minimum absolute atomic E-state index is 0.00266. The average molecular weight is 502 g/mol. The molecule has 5 aromatic rings. The number of halogens is 3. The first-order chi connectivity index (χ1) is 17.8. The minimum Gasteiger partial charge on any atom is -0.497 e. The summed E-state index contributed by atoms with van der Waals surface area (Å²) in [6.45, 7) is 0. The van der Waals surface area contributed by atoms with E-state index in [1.807, 2.05) is 28.8 Å². The molecule has 0 aliphatic heterocycles. The van der Waals surface area contributed by atoms with Crippen molar-refractivity contribution in [3.05, 3.63) is 103 Å². The Morgan fingerprint density at radius 2 is 1.70 bits per heavy atom. The smallest absolute Gasteiger partial charge is 0.416 e. The number of methoxy groups -OCH3 is 1. The highest BCUT2D eigenvalue weighted by Gasteiger charge is 2.31. The van der Waals surface area contributed by atoms with E-state index in [2.05, 4.69) is 15.3 Å². The Morgan fingerprint density at radius 1 is 0.946 bits per heavy atom. The van der Waals surface area contributed by atoms with Crippen molar-refractivity contribution >= 4 is 22.8 Å². The van der Waals surface area contributed by atoms with Crippen molar-refractivity contribution in [3.63, 3.8) is 0 Å². The van der Waals surface area contributed by atoms with E-state index in [1.165, 1.54) is 13.2 Å². The molecular weight excluding hydrogens is 481 g/mol. The van der Waals surface area contributed by atoms with Gasteiger partial charge in [-0.2, -0.15) is 13.2 Å². The SMILES string of the molecule is COc1ccc(-c2cc(NC(=O)Cc3ccc(-n4cnc5cccnc54)cc3)cc(C(F)(F)F)c2)cc1. The van der Waals surface area contributed by atoms with Gasteiger partial charge in [-0.15, -0.1) is 0 Å². The van der Waals surface area contributed by atoms with E-state index in [-0.39, 0.29) is 12.1 Å². The van der Waals surface area contributed by atoms with E-state index >= 15 is 0 Å². The van der Waals surface area contributed by atoms with E-state index in [0.717, 1.165) is 23.3 Å². The Kier molecular flexibility index (Phi) is 6.35. The second-order valence-corrected chi connectivity index (χ2v) is 8.38. The number of alkyl halides is 3. The normalized spacial score (nSPS) is 11.5. The zero-order valence-electron chi connectivity index (χ0n) is 19.7. The highest BCUT2D eigenvalue weighted by molar-refractivity contribution is 5.93. The van der Waals surface area contributed by atoms with Crippen LogP contribution in [0.25, 0.3) is 28.0 Å². The van der Waals surface area contributed by atoms with Crippen LogP contribution in [0.3, 0.4) is 0 Å². The molecule has 5 rings (SSSR count). The number of fused-ring (bicyclic) bond motifs is 1. The molecule has 0 bridgehead atoms. The van der Waals surface area contributed by atoms with E-state index in [1.54, 1.807) is 48.9 Å². The molecule has 0 saturated heterocycles. The zero-order valence-corrected chi connectivity index (χ0v) is 19.7. The number of nitrogens with one attached hydrogen (secondary N) is 1. The van der Waals surface area contributed by atoms with Gasteiger partial charge in [0.15, 0.2) is 5.65 Å². The molecule has 1 amide bonds. The highest BCUT2D eigenvalue weighted by atomic mass is 19.4. The number of pyridine rings is 1. The van der Waals surface area contributed by atoms with Gasteiger partial charge in [0.2, 0.25) is 5.91 Å². The maximum absolute atomic E-state index is 13.6. The van der Waals surface area contributed by atoms with Crippen molar-refractivity contribution in [3.8, 4) is 22.6 Å². The van der Waals surface area contributed by atoms with Crippen LogP contribution in [-0.4, -0.2) is 27.6 Å². The summed E-state index contributed by atoms with van der Waals surface area (Å²) in [4.78, 5) is 21.4. The molecule has 0 saturated carbocycles. The summed E-state index contributed by atoms with van der Waals surface area (Å²) in [6.07, 6.45) is -1.21. The Labute approximate surface area is 210 Å². The van der Waals surface area contributed by atoms with E-state index in [9.17, 15) is 18.0 Å². The molecule has 0 aliphatic carbocycles. The Bertz CT molecular complexity index is 1560. The van der Waals surface area contributed by atoms with Crippen LogP contribution in [0.5, 0.6) is 5.75 Å². The summed E-state index contributed by atoms with van der Waals surface area (Å²) in [5.74, 6) is 0.162. The first kappa shape index (κ1) is 24.1. The molecule has 1 N–H and O–H groups in total. The molecule has 0 atom stereocenters. The fourth-order valence-electron chi connectivity index (χ4n) is 4.02. The summed E-state index contributed by atoms with van der Waals surface area (Å²) in [6, 6.07) is 21.1. The second kappa shape index (κ2) is 9.77. The molecule has 37 heavy (non-hydrogen) atoms. The molecule has 2 aromatic heterocycles. The van der Waals surface area contributed by atoms with E-state index in [4.69, 9.17) is 4.74 Å². The van der Waals surface area contributed by atoms with Gasteiger partial charge >= 0.3 is 6.18 Å². The third-order valence-electron chi connectivity index (χ3n) is 5.85. The maximum Gasteiger partial charge on any atom is 0.416 e. The fraction of sp³-hybridized carbons (Fsp3) is 0.107. The highest BCUT2D eigenvalue weighted by Crippen LogP contribution is 2.35. The largest absolute Gasteiger partial charge is 0.497 e. The number of rotatable bonds is 6. The van der Waals surface area contributed by atoms with Crippen LogP contribution >= 0.6 is 0 Å². The molecule has 0 fully saturated rings. The molecule has 0 radical (unpaired) electrons. The van der Waals surface area contributed by atoms with Crippen molar-refractivity contribution in [1.82, 2.24) is 14.5 Å². The van der Waals surface area contributed by atoms with Gasteiger partial charge in [-0.25, -0.2) is 9.97 Å². The lowest BCUT2D eigenvalue weighted by atomic mass is 10.0. The van der Waals surface area contributed by atoms with Crippen LogP contribution < -0.4 is 10.1 Å². The van der Waals surface area contributed by atoms with Crippen LogP contribution in [0.15, 0.2) is 91.4 Å². The number of benzene rings is 3. The number of carbonyl (C=O) groups excluding carboxylic acids is 1. The second-order valence-electron chi connectivity index (χ2n) is 8.38. The summed E-state index contributed by atoms with van der Waals surface area (Å²) in [5, 5.41) is 2.61. The standard InChI is InChI=1S/C28H21F3N4O2/c1-37-24-10-6-19(7-11-24)20-14-21(28(29,30)31)16-22(15-20)34-26(36)13-18-4-8-23(9-5-18)35-17-33-25-3-2-12-32-27(25)35/h2-12,14-17H,13H2,1H3,(H,34,36). The van der Waals surface area contributed by atoms with E-state index in [0.29, 0.717) is 28.1 Å². The van der Waals surface area contributed by atoms with Crippen molar-refractivity contribution in [1.29, 1.82) is 0 Å². The monoisotopic (exact) mass is 502 g/mol. The van der Waals surface area contributed by atoms with Gasteiger partial charge in [-0.1, -0.05) is 24.3 Å². The summed E-state index contributed by atoms with van der Waals surface area (Å²) >= 11 is 0. The number of hydrogen-bond acceptors (Lipinski definition) is 4. The molecule has 9 heteroatoms. The van der Waals surface area contributed by atoms with Gasteiger partial charge in [-0.05, 0) is 71.3 Å². The first-order valence-electron chi connectivity index (χ1n) is 11.3. The third kappa shape index (κ3) is 5.30. The Hall–Kier alpha value is -4.66. The topological polar surface area (TPSA) is 69.0 Å². The van der Waals surface area contributed by atoms with Crippen LogP contribution in [0, 0.1) is 0 Å². The fourth-order valence-corrected chi connectivity index (χ4v) is 4.02. The number of aromatic nitrogens is 3. The minimum atomic E-state index is -4.57. The average Bonchev–Trinajstić information content (AvgIpc) is 3.33. The number of carbonyl (C=O) groups is 1. The third-order valence-corrected chi connectivity index (χ3v) is 5.85. The molecule has 0 spiro atoms. The van der Waals surface area contributed by atoms with Gasteiger partial charge < -0.3 is 10.1 Å². The summed E-state index contributed by atoms with van der Waals surface area (Å²) in [5.41, 5.74) is 3.14. The summed E-state index contributed by atoms with van der Waals surface area (Å²) in [7, 11) is 1.51. The Morgan fingerprint density at radius 3 is 2.41 bits per heavy atom. The number of hydrogen-bond donors (Lipinski definition) is 1. The van der Waals surface area contributed by atoms with Gasteiger partial charge in [0, 0.05) is 17.6 Å². The molecule has 186 valence electrons. The number of nitrogens with zero attached hydrogens (tertiary/aromatic N) is 3. The maximum atomic E-state index is 13.6. The lowest BCUT2D eigenvalue weighted by molar-refractivity contribution is -0.137. The lowest BCUT2D eigenvalue weighted by Crippen LogP contribution is -2.15. The molecule has 3 aromatic carbocycles. The van der Waals surface area contributed by atoms with Gasteiger partial charge in [-0.3, -0.25) is 9.36 Å². The van der Waals surface area contributed by atoms with Gasteiger partial charge in [0.1, 0.15) is 17.6 Å². The number of imidazole rings is 1. The van der Waals surface area contributed by atoms with Crippen LogP contribution in [-0.2, 0) is 17.4 Å². The van der Waals surface area contributed by atoms with Crippen molar-refractivity contribution in [2.45, 2.75) is 12.6 Å². The zero-order chi connectivity index (χ0) is 26.0. The predicted molar refractivity (Wildman–Crippen MR) is 135 cm³/mol. The summed E-state index contributed by atoms with van der Waals surface area (Å²) < 4.78 is 47.7. The quantitative estimate of drug-likeness (QED) is 0.296. The van der Waals surface area contributed by atoms with E-state index < -0.39 is 17.6 Å². The van der Waals surface area contributed by atoms with Crippen LogP contribution in [0.4, 0.5) is 18.9 Å². The molecule has 6 nitrogen and oxygen atoms in total. The predicted octanol–water partition coefficient (Wildman–Crippen LogP) is 6.30. The lowest BCUT2D eigenvalue weighted by Gasteiger charge is -2.14. The van der Waals surface area contributed by atoms with Gasteiger partial charge in [0.25, 0.3) is 0 Å². The number of ether oxygens (including phenoxy) is 1. The van der Waals surface area contributed by atoms with Crippen molar-refractivity contribution in [2.24, 2.45) is 0 Å². The molecule has 0 aliphatic rings. The first-order valence-corrected chi connectivity index (χ1v) is 11.3. The van der Waals surface area contributed by atoms with Gasteiger partial charge in [0.05, 0.1) is 19.1 Å². The molecule has 0 unspecified atom stereocenters. The van der Waals surface area contributed by atoms with Crippen LogP contribution in [0.1, 0.15) is 11.1 Å². The Balaban J connectivity index is 1.34. The van der Waals surface area contributed by atoms with Crippen LogP contribution in [0.2, 0.25) is 0 Å².